The molecule has 1 aromatic heterocycles. The molecule has 1 aliphatic heterocycles. The molecule has 1 aliphatic rings. The lowest BCUT2D eigenvalue weighted by Gasteiger charge is -2.11. The van der Waals surface area contributed by atoms with Crippen molar-refractivity contribution in [2.75, 3.05) is 5.32 Å². The van der Waals surface area contributed by atoms with Crippen LogP contribution in [-0.4, -0.2) is 11.2 Å². The highest BCUT2D eigenvalue weighted by Gasteiger charge is 2.04. The Labute approximate surface area is 64.5 Å². The highest BCUT2D eigenvalue weighted by molar-refractivity contribution is 5.91. The first-order valence-electron chi connectivity index (χ1n) is 3.30. The summed E-state index contributed by atoms with van der Waals surface area (Å²) in [5.41, 5.74) is 2.64. The maximum Gasteiger partial charge on any atom is 0.105 e. The highest BCUT2D eigenvalue weighted by atomic mass is 15.0. The van der Waals surface area contributed by atoms with Crippen LogP contribution in [0.25, 0.3) is 0 Å². The smallest absolute Gasteiger partial charge is 0.105 e. The van der Waals surface area contributed by atoms with Gasteiger partial charge in [-0.3, -0.25) is 9.98 Å². The van der Waals surface area contributed by atoms with Gasteiger partial charge in [-0.1, -0.05) is 6.58 Å². The van der Waals surface area contributed by atoms with Gasteiger partial charge in [0.25, 0.3) is 0 Å². The Bertz CT molecular complexity index is 328. The van der Waals surface area contributed by atoms with Crippen molar-refractivity contribution in [1.82, 2.24) is 4.98 Å². The molecule has 54 valence electrons. The minimum absolute atomic E-state index is 0.809. The molecular weight excluding hydrogens is 138 g/mol. The summed E-state index contributed by atoms with van der Waals surface area (Å²) in [6, 6.07) is 1.87. The molecule has 0 radical (unpaired) electrons. The Hall–Kier alpha value is -1.64. The van der Waals surface area contributed by atoms with Crippen LogP contribution in [-0.2, 0) is 0 Å². The Balaban J connectivity index is 2.54. The van der Waals surface area contributed by atoms with Gasteiger partial charge in [-0.25, -0.2) is 0 Å². The van der Waals surface area contributed by atoms with E-state index in [-0.39, 0.29) is 0 Å². The van der Waals surface area contributed by atoms with E-state index in [9.17, 15) is 0 Å². The average Bonchev–Trinajstić information content (AvgIpc) is 2.04. The molecule has 0 unspecified atom stereocenters. The molecule has 2 rings (SSSR count). The Morgan fingerprint density at radius 3 is 3.27 bits per heavy atom. The number of allylic oxidation sites excluding steroid dienone is 1. The molecule has 0 bridgehead atoms. The standard InChI is InChI=1S/C8H7N3/c1-6-4-10-8-5-9-3-2-7(8)11-6/h2-5,11H,1H2. The van der Waals surface area contributed by atoms with Gasteiger partial charge in [0, 0.05) is 11.9 Å². The number of rotatable bonds is 0. The molecule has 11 heavy (non-hydrogen) atoms. The summed E-state index contributed by atoms with van der Waals surface area (Å²) < 4.78 is 0. The van der Waals surface area contributed by atoms with E-state index in [0.29, 0.717) is 0 Å². The largest absolute Gasteiger partial charge is 0.353 e. The fourth-order valence-electron chi connectivity index (χ4n) is 0.947. The van der Waals surface area contributed by atoms with Gasteiger partial charge in [0.2, 0.25) is 0 Å². The van der Waals surface area contributed by atoms with Gasteiger partial charge in [-0.2, -0.15) is 0 Å². The van der Waals surface area contributed by atoms with E-state index >= 15 is 0 Å². The van der Waals surface area contributed by atoms with Gasteiger partial charge in [0.1, 0.15) is 5.69 Å². The topological polar surface area (TPSA) is 37.3 Å². The van der Waals surface area contributed by atoms with Crippen LogP contribution in [0.4, 0.5) is 11.4 Å². The predicted octanol–water partition coefficient (Wildman–Crippen LogP) is 1.72. The first-order valence-corrected chi connectivity index (χ1v) is 3.30. The molecule has 1 aromatic rings. The molecule has 2 heterocycles. The second-order valence-corrected chi connectivity index (χ2v) is 2.30. The number of hydrogen-bond donors (Lipinski definition) is 1. The summed E-state index contributed by atoms with van der Waals surface area (Å²) in [5.74, 6) is 0. The van der Waals surface area contributed by atoms with Crippen molar-refractivity contribution in [3.63, 3.8) is 0 Å². The fourth-order valence-corrected chi connectivity index (χ4v) is 0.947. The highest BCUT2D eigenvalue weighted by Crippen LogP contribution is 2.26. The number of fused-ring (bicyclic) bond motifs is 1. The minimum atomic E-state index is 0.809. The summed E-state index contributed by atoms with van der Waals surface area (Å²) in [6.07, 6.45) is 5.12. The monoisotopic (exact) mass is 145 g/mol. The van der Waals surface area contributed by atoms with Crippen molar-refractivity contribution < 1.29 is 0 Å². The average molecular weight is 145 g/mol. The van der Waals surface area contributed by atoms with Crippen LogP contribution in [0, 0.1) is 0 Å². The van der Waals surface area contributed by atoms with E-state index in [0.717, 1.165) is 17.1 Å². The second-order valence-electron chi connectivity index (χ2n) is 2.30. The van der Waals surface area contributed by atoms with Crippen molar-refractivity contribution in [2.24, 2.45) is 4.99 Å². The normalized spacial score (nSPS) is 14.0. The number of pyridine rings is 1. The van der Waals surface area contributed by atoms with Crippen LogP contribution in [0.5, 0.6) is 0 Å². The molecule has 3 nitrogen and oxygen atoms in total. The van der Waals surface area contributed by atoms with E-state index in [2.05, 4.69) is 21.9 Å². The van der Waals surface area contributed by atoms with Gasteiger partial charge in [-0.15, -0.1) is 0 Å². The minimum Gasteiger partial charge on any atom is -0.353 e. The predicted molar refractivity (Wildman–Crippen MR) is 45.2 cm³/mol. The molecule has 0 atom stereocenters. The molecule has 0 saturated heterocycles. The quantitative estimate of drug-likeness (QED) is 0.603. The first kappa shape index (κ1) is 6.09. The van der Waals surface area contributed by atoms with Crippen molar-refractivity contribution >= 4 is 17.6 Å². The van der Waals surface area contributed by atoms with Gasteiger partial charge in [-0.05, 0) is 6.07 Å². The number of nitrogens with one attached hydrogen (secondary N) is 1. The van der Waals surface area contributed by atoms with Crippen LogP contribution in [0.1, 0.15) is 0 Å². The van der Waals surface area contributed by atoms with E-state index in [4.69, 9.17) is 0 Å². The first-order chi connectivity index (χ1) is 5.36. The van der Waals surface area contributed by atoms with Gasteiger partial charge < -0.3 is 5.32 Å². The molecule has 1 N–H and O–H groups in total. The molecule has 0 amide bonds. The molecule has 0 fully saturated rings. The zero-order valence-corrected chi connectivity index (χ0v) is 5.91. The fraction of sp³-hybridized carbons (Fsp3) is 0. The lowest BCUT2D eigenvalue weighted by atomic mass is 10.3. The second kappa shape index (κ2) is 2.20. The summed E-state index contributed by atoms with van der Waals surface area (Å²) >= 11 is 0. The van der Waals surface area contributed by atoms with Crippen LogP contribution in [0.2, 0.25) is 0 Å². The molecular formula is C8H7N3. The van der Waals surface area contributed by atoms with Crippen LogP contribution >= 0.6 is 0 Å². The Morgan fingerprint density at radius 1 is 1.45 bits per heavy atom. The van der Waals surface area contributed by atoms with Gasteiger partial charge in [0.15, 0.2) is 0 Å². The maximum absolute atomic E-state index is 4.12. The van der Waals surface area contributed by atoms with E-state index in [1.165, 1.54) is 0 Å². The SMILES string of the molecule is C=C1C=Nc2cnccc2N1. The van der Waals surface area contributed by atoms with E-state index < -0.39 is 0 Å². The Kier molecular flexibility index (Phi) is 1.22. The van der Waals surface area contributed by atoms with Crippen molar-refractivity contribution in [2.45, 2.75) is 0 Å². The number of aliphatic imine (C=N–C) groups is 1. The summed E-state index contributed by atoms with van der Waals surface area (Å²) in [7, 11) is 0. The summed E-state index contributed by atoms with van der Waals surface area (Å²) in [4.78, 5) is 8.06. The number of nitrogens with zero attached hydrogens (tertiary/aromatic N) is 2. The number of aromatic nitrogens is 1. The van der Waals surface area contributed by atoms with Crippen LogP contribution in [0.15, 0.2) is 35.7 Å². The van der Waals surface area contributed by atoms with Gasteiger partial charge in [0.05, 0.1) is 18.1 Å². The number of anilines is 1. The summed E-state index contributed by atoms with van der Waals surface area (Å²) in [6.45, 7) is 3.73. The lowest BCUT2D eigenvalue weighted by Crippen LogP contribution is -2.03. The molecule has 3 heteroatoms. The maximum atomic E-state index is 4.12. The van der Waals surface area contributed by atoms with Crippen molar-refractivity contribution in [1.29, 1.82) is 0 Å². The molecule has 0 saturated carbocycles. The van der Waals surface area contributed by atoms with Crippen LogP contribution < -0.4 is 5.32 Å². The zero-order chi connectivity index (χ0) is 7.68. The van der Waals surface area contributed by atoms with Crippen LogP contribution in [0.3, 0.4) is 0 Å². The van der Waals surface area contributed by atoms with Gasteiger partial charge >= 0.3 is 0 Å². The third kappa shape index (κ3) is 1.00. The number of hydrogen-bond acceptors (Lipinski definition) is 3. The van der Waals surface area contributed by atoms with E-state index in [1.54, 1.807) is 18.6 Å². The lowest BCUT2D eigenvalue weighted by molar-refractivity contribution is 1.29. The molecule has 0 aliphatic carbocycles. The van der Waals surface area contributed by atoms with E-state index in [1.807, 2.05) is 6.07 Å². The van der Waals surface area contributed by atoms with Crippen molar-refractivity contribution in [3.8, 4) is 0 Å². The third-order valence-electron chi connectivity index (χ3n) is 1.45. The summed E-state index contributed by atoms with van der Waals surface area (Å²) in [5, 5.41) is 3.08. The molecule has 0 spiro atoms. The molecule has 0 aromatic carbocycles. The zero-order valence-electron chi connectivity index (χ0n) is 5.91. The van der Waals surface area contributed by atoms with Crippen molar-refractivity contribution in [3.05, 3.63) is 30.7 Å². The Morgan fingerprint density at radius 2 is 2.36 bits per heavy atom. The third-order valence-corrected chi connectivity index (χ3v) is 1.45.